The second-order valence-corrected chi connectivity index (χ2v) is 5.00. The van der Waals surface area contributed by atoms with Crippen molar-refractivity contribution in [3.05, 3.63) is 40.9 Å². The smallest absolute Gasteiger partial charge is 0.302 e. The molecular weight excluding hydrogens is 270 g/mol. The van der Waals surface area contributed by atoms with Crippen molar-refractivity contribution in [2.24, 2.45) is 0 Å². The first-order chi connectivity index (χ1) is 10.0. The molecule has 0 amide bonds. The Kier molecular flexibility index (Phi) is 3.09. The lowest BCUT2D eigenvalue weighted by molar-refractivity contribution is 0.440. The Morgan fingerprint density at radius 1 is 1.38 bits per heavy atom. The first-order valence-corrected chi connectivity index (χ1v) is 6.54. The molecule has 0 unspecified atom stereocenters. The van der Waals surface area contributed by atoms with Gasteiger partial charge in [0.05, 0.1) is 23.3 Å². The van der Waals surface area contributed by atoms with Gasteiger partial charge in [0.2, 0.25) is 0 Å². The summed E-state index contributed by atoms with van der Waals surface area (Å²) in [6.07, 6.45) is 3.32. The molecule has 2 aromatic heterocycles. The van der Waals surface area contributed by atoms with Gasteiger partial charge in [-0.05, 0) is 32.0 Å². The number of nitrogens with one attached hydrogen (secondary N) is 1. The molecule has 108 valence electrons. The third-order valence-corrected chi connectivity index (χ3v) is 3.03. The van der Waals surface area contributed by atoms with Crippen LogP contribution in [-0.2, 0) is 0 Å². The number of nitrogens with two attached hydrogens (primary N) is 1. The van der Waals surface area contributed by atoms with E-state index in [-0.39, 0.29) is 17.6 Å². The minimum atomic E-state index is -0.293. The Hall–Kier alpha value is -2.83. The van der Waals surface area contributed by atoms with Gasteiger partial charge in [-0.25, -0.2) is 0 Å². The highest BCUT2D eigenvalue weighted by atomic mass is 16.5. The van der Waals surface area contributed by atoms with Gasteiger partial charge in [0.15, 0.2) is 5.75 Å². The fourth-order valence-electron chi connectivity index (χ4n) is 1.95. The van der Waals surface area contributed by atoms with E-state index in [1.165, 1.54) is 0 Å². The molecule has 0 atom stereocenters. The summed E-state index contributed by atoms with van der Waals surface area (Å²) in [5.74, 6) is 0.515. The highest BCUT2D eigenvalue weighted by Crippen LogP contribution is 2.19. The van der Waals surface area contributed by atoms with Crippen molar-refractivity contribution in [1.29, 1.82) is 0 Å². The number of aromatic amines is 1. The number of fused-ring (bicyclic) bond motifs is 1. The van der Waals surface area contributed by atoms with Crippen molar-refractivity contribution < 1.29 is 4.74 Å². The number of H-pyrrole nitrogens is 1. The number of nitrogens with zero attached hydrogens (tertiary/aromatic N) is 3. The number of hydrogen-bond donors (Lipinski definition) is 2. The Bertz CT molecular complexity index is 850. The van der Waals surface area contributed by atoms with Gasteiger partial charge < -0.3 is 10.5 Å². The lowest BCUT2D eigenvalue weighted by Crippen LogP contribution is -2.09. The van der Waals surface area contributed by atoms with Gasteiger partial charge in [0, 0.05) is 11.7 Å². The summed E-state index contributed by atoms with van der Waals surface area (Å²) in [6, 6.07) is 5.32. The van der Waals surface area contributed by atoms with Crippen LogP contribution in [0.3, 0.4) is 0 Å². The number of ether oxygens (including phenoxy) is 1. The van der Waals surface area contributed by atoms with E-state index in [0.29, 0.717) is 22.3 Å². The number of benzene rings is 1. The molecule has 0 fully saturated rings. The quantitative estimate of drug-likeness (QED) is 0.718. The molecule has 21 heavy (non-hydrogen) atoms. The molecule has 3 rings (SSSR count). The number of nitrogen functional groups attached to an aromatic ring is 1. The van der Waals surface area contributed by atoms with Gasteiger partial charge >= 0.3 is 6.01 Å². The van der Waals surface area contributed by atoms with Crippen LogP contribution in [0.5, 0.6) is 11.8 Å². The third-order valence-electron chi connectivity index (χ3n) is 3.03. The van der Waals surface area contributed by atoms with Gasteiger partial charge in [0.25, 0.3) is 5.56 Å². The molecule has 0 bridgehead atoms. The number of anilines is 1. The SMILES string of the molecule is CC(C)n1cc(Oc2nc3ccc(N)cc3c(=O)[nH]2)cn1. The van der Waals surface area contributed by atoms with E-state index < -0.39 is 0 Å². The molecule has 0 saturated heterocycles. The maximum atomic E-state index is 12.0. The molecule has 0 saturated carbocycles. The molecule has 3 aromatic rings. The van der Waals surface area contributed by atoms with Crippen LogP contribution >= 0.6 is 0 Å². The third kappa shape index (κ3) is 2.58. The average Bonchev–Trinajstić information content (AvgIpc) is 2.88. The maximum Gasteiger partial charge on any atom is 0.302 e. The summed E-state index contributed by atoms with van der Waals surface area (Å²) in [5.41, 5.74) is 6.41. The second-order valence-electron chi connectivity index (χ2n) is 5.00. The van der Waals surface area contributed by atoms with Crippen LogP contribution < -0.4 is 16.0 Å². The van der Waals surface area contributed by atoms with Crippen molar-refractivity contribution in [2.45, 2.75) is 19.9 Å². The van der Waals surface area contributed by atoms with Crippen LogP contribution in [-0.4, -0.2) is 19.7 Å². The monoisotopic (exact) mass is 285 g/mol. The zero-order valence-corrected chi connectivity index (χ0v) is 11.7. The summed E-state index contributed by atoms with van der Waals surface area (Å²) in [5, 5.41) is 4.59. The predicted octanol–water partition coefficient (Wildman–Crippen LogP) is 2.07. The van der Waals surface area contributed by atoms with Crippen LogP contribution in [0.15, 0.2) is 35.4 Å². The molecule has 0 aliphatic carbocycles. The standard InChI is InChI=1S/C14H15N5O2/c1-8(2)19-7-10(6-16-19)21-14-17-12-4-3-9(15)5-11(12)13(20)18-14/h3-8H,15H2,1-2H3,(H,17,18,20). The van der Waals surface area contributed by atoms with Crippen molar-refractivity contribution >= 4 is 16.6 Å². The minimum absolute atomic E-state index is 0.126. The Morgan fingerprint density at radius 2 is 2.19 bits per heavy atom. The first-order valence-electron chi connectivity index (χ1n) is 6.54. The molecule has 0 radical (unpaired) electrons. The summed E-state index contributed by atoms with van der Waals surface area (Å²) >= 11 is 0. The minimum Gasteiger partial charge on any atom is -0.422 e. The summed E-state index contributed by atoms with van der Waals surface area (Å²) in [4.78, 5) is 18.8. The van der Waals surface area contributed by atoms with Crippen LogP contribution in [0.25, 0.3) is 10.9 Å². The van der Waals surface area contributed by atoms with Crippen LogP contribution in [0.2, 0.25) is 0 Å². The van der Waals surface area contributed by atoms with Crippen molar-refractivity contribution in [3.63, 3.8) is 0 Å². The Morgan fingerprint density at radius 3 is 2.90 bits per heavy atom. The lowest BCUT2D eigenvalue weighted by Gasteiger charge is -2.04. The number of aromatic nitrogens is 4. The molecule has 7 heteroatoms. The first kappa shape index (κ1) is 13.2. The van der Waals surface area contributed by atoms with E-state index >= 15 is 0 Å². The molecule has 3 N–H and O–H groups in total. The van der Waals surface area contributed by atoms with E-state index in [2.05, 4.69) is 15.1 Å². The Balaban J connectivity index is 1.97. The molecule has 1 aromatic carbocycles. The van der Waals surface area contributed by atoms with Crippen LogP contribution in [0.1, 0.15) is 19.9 Å². The highest BCUT2D eigenvalue weighted by Gasteiger charge is 2.08. The molecule has 7 nitrogen and oxygen atoms in total. The molecule has 2 heterocycles. The van der Waals surface area contributed by atoms with Gasteiger partial charge in [-0.1, -0.05) is 0 Å². The number of hydrogen-bond acceptors (Lipinski definition) is 5. The molecule has 0 aliphatic rings. The van der Waals surface area contributed by atoms with E-state index in [1.54, 1.807) is 35.3 Å². The summed E-state index contributed by atoms with van der Waals surface area (Å²) in [6.45, 7) is 4.02. The topological polar surface area (TPSA) is 98.8 Å². The average molecular weight is 285 g/mol. The van der Waals surface area contributed by atoms with Gasteiger partial charge in [-0.3, -0.25) is 14.5 Å². The summed E-state index contributed by atoms with van der Waals surface area (Å²) < 4.78 is 7.31. The fraction of sp³-hybridized carbons (Fsp3) is 0.214. The molecular formula is C14H15N5O2. The summed E-state index contributed by atoms with van der Waals surface area (Å²) in [7, 11) is 0. The maximum absolute atomic E-state index is 12.0. The van der Waals surface area contributed by atoms with Crippen LogP contribution in [0.4, 0.5) is 5.69 Å². The van der Waals surface area contributed by atoms with Crippen molar-refractivity contribution in [3.8, 4) is 11.8 Å². The van der Waals surface area contributed by atoms with E-state index in [0.717, 1.165) is 0 Å². The van der Waals surface area contributed by atoms with Gasteiger partial charge in [-0.2, -0.15) is 10.1 Å². The van der Waals surface area contributed by atoms with Crippen molar-refractivity contribution in [1.82, 2.24) is 19.7 Å². The van der Waals surface area contributed by atoms with E-state index in [1.807, 2.05) is 13.8 Å². The van der Waals surface area contributed by atoms with Crippen molar-refractivity contribution in [2.75, 3.05) is 5.73 Å². The largest absolute Gasteiger partial charge is 0.422 e. The predicted molar refractivity (Wildman–Crippen MR) is 79.5 cm³/mol. The zero-order valence-electron chi connectivity index (χ0n) is 11.7. The van der Waals surface area contributed by atoms with Gasteiger partial charge in [0.1, 0.15) is 0 Å². The highest BCUT2D eigenvalue weighted by molar-refractivity contribution is 5.81. The van der Waals surface area contributed by atoms with Crippen LogP contribution in [0, 0.1) is 0 Å². The fourth-order valence-corrected chi connectivity index (χ4v) is 1.95. The number of rotatable bonds is 3. The zero-order chi connectivity index (χ0) is 15.0. The Labute approximate surface area is 120 Å². The van der Waals surface area contributed by atoms with E-state index in [9.17, 15) is 4.79 Å². The normalized spacial score (nSPS) is 11.2. The molecule has 0 aliphatic heterocycles. The molecule has 0 spiro atoms. The second kappa shape index (κ2) is 4.93. The van der Waals surface area contributed by atoms with E-state index in [4.69, 9.17) is 10.5 Å². The van der Waals surface area contributed by atoms with Gasteiger partial charge in [-0.15, -0.1) is 0 Å². The lowest BCUT2D eigenvalue weighted by atomic mass is 10.2.